The van der Waals surface area contributed by atoms with E-state index in [2.05, 4.69) is 20.2 Å². The molecule has 0 spiro atoms. The summed E-state index contributed by atoms with van der Waals surface area (Å²) in [7, 11) is 0. The van der Waals surface area contributed by atoms with Gasteiger partial charge in [0, 0.05) is 18.8 Å². The molecule has 3 aromatic rings. The van der Waals surface area contributed by atoms with Crippen molar-refractivity contribution >= 4 is 17.4 Å². The molecule has 6 heteroatoms. The molecule has 1 aromatic heterocycles. The molecule has 0 unspecified atom stereocenters. The molecular formula is C22H22N4O2. The Bertz CT molecular complexity index is 906. The second kappa shape index (κ2) is 8.52. The van der Waals surface area contributed by atoms with E-state index in [0.717, 1.165) is 24.7 Å². The first kappa shape index (κ1) is 18.0. The molecule has 1 aliphatic rings. The van der Waals surface area contributed by atoms with E-state index in [4.69, 9.17) is 4.74 Å². The summed E-state index contributed by atoms with van der Waals surface area (Å²) in [5, 5.41) is 2.84. The number of piperidine rings is 1. The maximum Gasteiger partial charge on any atom is 0.275 e. The van der Waals surface area contributed by atoms with Gasteiger partial charge >= 0.3 is 0 Å². The molecule has 1 aliphatic heterocycles. The average molecular weight is 374 g/mol. The highest BCUT2D eigenvalue weighted by Crippen LogP contribution is 2.23. The van der Waals surface area contributed by atoms with Gasteiger partial charge in [0.05, 0.1) is 12.4 Å². The van der Waals surface area contributed by atoms with Crippen molar-refractivity contribution in [3.05, 3.63) is 72.7 Å². The number of benzene rings is 2. The lowest BCUT2D eigenvalue weighted by molar-refractivity contribution is 0.102. The Morgan fingerprint density at radius 1 is 0.857 bits per heavy atom. The van der Waals surface area contributed by atoms with Crippen LogP contribution in [0.15, 0.2) is 67.0 Å². The molecule has 28 heavy (non-hydrogen) atoms. The summed E-state index contributed by atoms with van der Waals surface area (Å²) < 4.78 is 5.75. The fourth-order valence-electron chi connectivity index (χ4n) is 3.15. The number of carbonyl (C=O) groups is 1. The maximum atomic E-state index is 12.4. The zero-order valence-corrected chi connectivity index (χ0v) is 15.5. The van der Waals surface area contributed by atoms with Gasteiger partial charge < -0.3 is 15.0 Å². The number of anilines is 2. The molecule has 1 fully saturated rings. The number of carbonyl (C=O) groups excluding carboxylic acids is 1. The Kier molecular flexibility index (Phi) is 5.47. The number of nitrogens with zero attached hydrogens (tertiary/aromatic N) is 3. The Morgan fingerprint density at radius 3 is 2.25 bits per heavy atom. The lowest BCUT2D eigenvalue weighted by Gasteiger charge is -2.27. The van der Waals surface area contributed by atoms with Crippen molar-refractivity contribution in [1.82, 2.24) is 9.97 Å². The third kappa shape index (κ3) is 4.46. The van der Waals surface area contributed by atoms with Crippen LogP contribution in [0.2, 0.25) is 0 Å². The van der Waals surface area contributed by atoms with Crippen LogP contribution in [0.3, 0.4) is 0 Å². The number of nitrogens with one attached hydrogen (secondary N) is 1. The van der Waals surface area contributed by atoms with Gasteiger partial charge in [0.2, 0.25) is 0 Å². The largest absolute Gasteiger partial charge is 0.457 e. The van der Waals surface area contributed by atoms with Gasteiger partial charge in [-0.1, -0.05) is 18.2 Å². The first-order valence-corrected chi connectivity index (χ1v) is 9.49. The van der Waals surface area contributed by atoms with Crippen LogP contribution in [-0.2, 0) is 0 Å². The van der Waals surface area contributed by atoms with E-state index >= 15 is 0 Å². The zero-order valence-electron chi connectivity index (χ0n) is 15.5. The Labute approximate surface area is 164 Å². The van der Waals surface area contributed by atoms with Crippen molar-refractivity contribution in [2.75, 3.05) is 23.3 Å². The first-order chi connectivity index (χ1) is 13.8. The number of hydrogen-bond donors (Lipinski definition) is 1. The molecule has 4 rings (SSSR count). The van der Waals surface area contributed by atoms with Crippen LogP contribution >= 0.6 is 0 Å². The number of aromatic nitrogens is 2. The monoisotopic (exact) mass is 374 g/mol. The minimum absolute atomic E-state index is 0.283. The minimum atomic E-state index is -0.283. The quantitative estimate of drug-likeness (QED) is 0.712. The summed E-state index contributed by atoms with van der Waals surface area (Å²) in [6.45, 7) is 2.00. The lowest BCUT2D eigenvalue weighted by Crippen LogP contribution is -2.30. The van der Waals surface area contributed by atoms with Crippen LogP contribution in [0.25, 0.3) is 0 Å². The van der Waals surface area contributed by atoms with Crippen LogP contribution in [-0.4, -0.2) is 29.0 Å². The summed E-state index contributed by atoms with van der Waals surface area (Å²) in [4.78, 5) is 23.3. The van der Waals surface area contributed by atoms with E-state index in [9.17, 15) is 4.79 Å². The van der Waals surface area contributed by atoms with Crippen molar-refractivity contribution < 1.29 is 9.53 Å². The SMILES string of the molecule is O=C(Nc1ccc(Oc2ccccc2)cc1)c1cnc(N2CCCCC2)cn1. The summed E-state index contributed by atoms with van der Waals surface area (Å²) in [6.07, 6.45) is 6.82. The van der Waals surface area contributed by atoms with E-state index < -0.39 is 0 Å². The smallest absolute Gasteiger partial charge is 0.275 e. The van der Waals surface area contributed by atoms with Crippen molar-refractivity contribution in [2.45, 2.75) is 19.3 Å². The van der Waals surface area contributed by atoms with Gasteiger partial charge in [-0.15, -0.1) is 0 Å². The number of ether oxygens (including phenoxy) is 1. The molecule has 6 nitrogen and oxygen atoms in total. The highest BCUT2D eigenvalue weighted by molar-refractivity contribution is 6.02. The molecule has 1 N–H and O–H groups in total. The minimum Gasteiger partial charge on any atom is -0.457 e. The van der Waals surface area contributed by atoms with Crippen LogP contribution in [0.1, 0.15) is 29.8 Å². The van der Waals surface area contributed by atoms with Gasteiger partial charge in [-0.25, -0.2) is 9.97 Å². The van der Waals surface area contributed by atoms with E-state index in [1.165, 1.54) is 25.5 Å². The molecule has 2 heterocycles. The molecule has 2 aromatic carbocycles. The van der Waals surface area contributed by atoms with Crippen molar-refractivity contribution in [1.29, 1.82) is 0 Å². The Morgan fingerprint density at radius 2 is 1.57 bits per heavy atom. The molecule has 1 saturated heterocycles. The summed E-state index contributed by atoms with van der Waals surface area (Å²) >= 11 is 0. The Balaban J connectivity index is 1.36. The predicted octanol–water partition coefficient (Wildman–Crippen LogP) is 4.51. The van der Waals surface area contributed by atoms with E-state index in [0.29, 0.717) is 17.1 Å². The standard InChI is InChI=1S/C22H22N4O2/c27-22(20-15-24-21(16-23-20)26-13-5-2-6-14-26)25-17-9-11-19(12-10-17)28-18-7-3-1-4-8-18/h1,3-4,7-12,15-16H,2,5-6,13-14H2,(H,25,27). The van der Waals surface area contributed by atoms with Gasteiger partial charge in [-0.2, -0.15) is 0 Å². The summed E-state index contributed by atoms with van der Waals surface area (Å²) in [6, 6.07) is 16.8. The van der Waals surface area contributed by atoms with Crippen LogP contribution in [0.5, 0.6) is 11.5 Å². The fraction of sp³-hybridized carbons (Fsp3) is 0.227. The molecule has 142 valence electrons. The first-order valence-electron chi connectivity index (χ1n) is 9.49. The number of hydrogen-bond acceptors (Lipinski definition) is 5. The zero-order chi connectivity index (χ0) is 19.2. The third-order valence-corrected chi connectivity index (χ3v) is 4.64. The second-order valence-corrected chi connectivity index (χ2v) is 6.70. The highest BCUT2D eigenvalue weighted by atomic mass is 16.5. The molecule has 0 aliphatic carbocycles. The van der Waals surface area contributed by atoms with Gasteiger partial charge in [0.15, 0.2) is 0 Å². The molecule has 0 radical (unpaired) electrons. The molecule has 0 atom stereocenters. The molecule has 1 amide bonds. The number of para-hydroxylation sites is 1. The van der Waals surface area contributed by atoms with Crippen LogP contribution in [0, 0.1) is 0 Å². The normalized spacial score (nSPS) is 13.8. The van der Waals surface area contributed by atoms with Gasteiger partial charge in [0.25, 0.3) is 5.91 Å². The summed E-state index contributed by atoms with van der Waals surface area (Å²) in [5.74, 6) is 2.02. The fourth-order valence-corrected chi connectivity index (χ4v) is 3.15. The van der Waals surface area contributed by atoms with Gasteiger partial charge in [-0.05, 0) is 55.7 Å². The predicted molar refractivity (Wildman–Crippen MR) is 109 cm³/mol. The Hall–Kier alpha value is -3.41. The lowest BCUT2D eigenvalue weighted by atomic mass is 10.1. The summed E-state index contributed by atoms with van der Waals surface area (Å²) in [5.41, 5.74) is 0.970. The molecule has 0 saturated carbocycles. The molecular weight excluding hydrogens is 352 g/mol. The van der Waals surface area contributed by atoms with E-state index in [1.54, 1.807) is 18.3 Å². The van der Waals surface area contributed by atoms with Gasteiger partial charge in [0.1, 0.15) is 23.0 Å². The van der Waals surface area contributed by atoms with Crippen LogP contribution in [0.4, 0.5) is 11.5 Å². The van der Waals surface area contributed by atoms with E-state index in [-0.39, 0.29) is 5.91 Å². The second-order valence-electron chi connectivity index (χ2n) is 6.70. The number of amides is 1. The van der Waals surface area contributed by atoms with Gasteiger partial charge in [-0.3, -0.25) is 4.79 Å². The molecule has 0 bridgehead atoms. The third-order valence-electron chi connectivity index (χ3n) is 4.64. The van der Waals surface area contributed by atoms with Crippen molar-refractivity contribution in [3.63, 3.8) is 0 Å². The highest BCUT2D eigenvalue weighted by Gasteiger charge is 2.14. The van der Waals surface area contributed by atoms with Crippen LogP contribution < -0.4 is 15.0 Å². The van der Waals surface area contributed by atoms with Crippen molar-refractivity contribution in [2.24, 2.45) is 0 Å². The maximum absolute atomic E-state index is 12.4. The van der Waals surface area contributed by atoms with Crippen molar-refractivity contribution in [3.8, 4) is 11.5 Å². The topological polar surface area (TPSA) is 67.3 Å². The van der Waals surface area contributed by atoms with E-state index in [1.807, 2.05) is 42.5 Å². The average Bonchev–Trinajstić information content (AvgIpc) is 2.76. The number of rotatable bonds is 5.